The number of carbonyl (C=O) groups is 1. The molecule has 5 rings (SSSR count). The molecule has 0 aliphatic heterocycles. The van der Waals surface area contributed by atoms with E-state index in [1.807, 2.05) is 72.8 Å². The van der Waals surface area contributed by atoms with Gasteiger partial charge in [0.25, 0.3) is 0 Å². The number of hydrogen-bond donors (Lipinski definition) is 1. The number of benzene rings is 3. The minimum Gasteiger partial charge on any atom is -0.455 e. The molecular formula is C21H13NO2. The first kappa shape index (κ1) is 13.1. The molecule has 2 heterocycles. The molecule has 1 N–H and O–H groups in total. The van der Waals surface area contributed by atoms with Crippen molar-refractivity contribution in [3.05, 3.63) is 84.1 Å². The minimum absolute atomic E-state index is 0.0594. The molecule has 2 aromatic heterocycles. The van der Waals surface area contributed by atoms with Crippen LogP contribution in [0.1, 0.15) is 16.1 Å². The first-order valence-electron chi connectivity index (χ1n) is 7.84. The molecule has 0 atom stereocenters. The van der Waals surface area contributed by atoms with Crippen molar-refractivity contribution in [3.8, 4) is 0 Å². The number of carbonyl (C=O) groups excluding carboxylic acids is 1. The molecule has 0 amide bonds. The van der Waals surface area contributed by atoms with Crippen LogP contribution in [0.15, 0.2) is 77.2 Å². The van der Waals surface area contributed by atoms with Crippen molar-refractivity contribution in [2.45, 2.75) is 0 Å². The van der Waals surface area contributed by atoms with Gasteiger partial charge < -0.3 is 9.40 Å². The maximum Gasteiger partial charge on any atom is 0.212 e. The molecule has 3 heteroatoms. The molecule has 0 saturated heterocycles. The number of aromatic nitrogens is 1. The Bertz CT molecular complexity index is 1190. The van der Waals surface area contributed by atoms with E-state index in [-0.39, 0.29) is 5.78 Å². The summed E-state index contributed by atoms with van der Waals surface area (Å²) >= 11 is 0. The normalized spacial score (nSPS) is 11.5. The Labute approximate surface area is 137 Å². The zero-order chi connectivity index (χ0) is 16.1. The molecule has 0 spiro atoms. The van der Waals surface area contributed by atoms with Gasteiger partial charge in [0, 0.05) is 21.7 Å². The predicted molar refractivity (Wildman–Crippen MR) is 95.5 cm³/mol. The highest BCUT2D eigenvalue weighted by Gasteiger charge is 2.18. The van der Waals surface area contributed by atoms with E-state index in [1.54, 1.807) is 0 Å². The van der Waals surface area contributed by atoms with Crippen molar-refractivity contribution in [2.75, 3.05) is 0 Å². The molecule has 0 unspecified atom stereocenters. The summed E-state index contributed by atoms with van der Waals surface area (Å²) in [7, 11) is 0. The Morgan fingerprint density at radius 1 is 0.833 bits per heavy atom. The molecule has 0 aliphatic rings. The van der Waals surface area contributed by atoms with Crippen molar-refractivity contribution >= 4 is 38.6 Å². The van der Waals surface area contributed by atoms with Crippen LogP contribution < -0.4 is 0 Å². The monoisotopic (exact) mass is 311 g/mol. The van der Waals surface area contributed by atoms with E-state index in [0.717, 1.165) is 27.3 Å². The predicted octanol–water partition coefficient (Wildman–Crippen LogP) is 5.30. The number of hydrogen-bond acceptors (Lipinski definition) is 2. The Morgan fingerprint density at radius 2 is 1.62 bits per heavy atom. The number of rotatable bonds is 2. The van der Waals surface area contributed by atoms with Gasteiger partial charge in [-0.25, -0.2) is 0 Å². The maximum absolute atomic E-state index is 13.0. The number of para-hydroxylation sites is 3. The van der Waals surface area contributed by atoms with E-state index in [1.165, 1.54) is 0 Å². The number of H-pyrrole nitrogens is 1. The SMILES string of the molecule is O=C(c1cc2ccccc2[nH]1)c1cccc2c1oc1ccccc12. The van der Waals surface area contributed by atoms with Gasteiger partial charge in [-0.15, -0.1) is 0 Å². The van der Waals surface area contributed by atoms with E-state index in [2.05, 4.69) is 4.98 Å². The van der Waals surface area contributed by atoms with Gasteiger partial charge in [-0.05, 0) is 24.3 Å². The van der Waals surface area contributed by atoms with E-state index >= 15 is 0 Å². The Balaban J connectivity index is 1.74. The summed E-state index contributed by atoms with van der Waals surface area (Å²) in [5.41, 5.74) is 3.55. The summed E-state index contributed by atoms with van der Waals surface area (Å²) in [5, 5.41) is 3.02. The minimum atomic E-state index is -0.0594. The Hall–Kier alpha value is -3.33. The number of ketones is 1. The second kappa shape index (κ2) is 4.83. The third-order valence-corrected chi connectivity index (χ3v) is 4.42. The van der Waals surface area contributed by atoms with Crippen LogP contribution in [-0.2, 0) is 0 Å². The third-order valence-electron chi connectivity index (χ3n) is 4.42. The van der Waals surface area contributed by atoms with E-state index in [4.69, 9.17) is 4.42 Å². The summed E-state index contributed by atoms with van der Waals surface area (Å²) in [4.78, 5) is 16.2. The van der Waals surface area contributed by atoms with Crippen LogP contribution in [0.4, 0.5) is 0 Å². The summed E-state index contributed by atoms with van der Waals surface area (Å²) in [6.45, 7) is 0. The Morgan fingerprint density at radius 3 is 2.54 bits per heavy atom. The molecule has 0 aliphatic carbocycles. The van der Waals surface area contributed by atoms with Gasteiger partial charge in [0.15, 0.2) is 0 Å². The summed E-state index contributed by atoms with van der Waals surface area (Å²) in [6, 6.07) is 23.3. The number of aromatic amines is 1. The van der Waals surface area contributed by atoms with Crippen LogP contribution in [0.2, 0.25) is 0 Å². The van der Waals surface area contributed by atoms with Crippen molar-refractivity contribution in [1.82, 2.24) is 4.98 Å². The van der Waals surface area contributed by atoms with E-state index < -0.39 is 0 Å². The summed E-state index contributed by atoms with van der Waals surface area (Å²) < 4.78 is 5.97. The average molecular weight is 311 g/mol. The molecule has 114 valence electrons. The maximum atomic E-state index is 13.0. The van der Waals surface area contributed by atoms with Gasteiger partial charge in [0.05, 0.1) is 11.3 Å². The average Bonchev–Trinajstić information content (AvgIpc) is 3.22. The van der Waals surface area contributed by atoms with Crippen LogP contribution >= 0.6 is 0 Å². The second-order valence-electron chi connectivity index (χ2n) is 5.88. The summed E-state index contributed by atoms with van der Waals surface area (Å²) in [6.07, 6.45) is 0. The van der Waals surface area contributed by atoms with Gasteiger partial charge >= 0.3 is 0 Å². The van der Waals surface area contributed by atoms with Crippen molar-refractivity contribution in [1.29, 1.82) is 0 Å². The molecule has 0 bridgehead atoms. The lowest BCUT2D eigenvalue weighted by atomic mass is 10.0. The standard InChI is InChI=1S/C21H13NO2/c23-20(18-12-13-6-1-3-10-17(13)22-18)16-9-5-8-15-14-7-2-4-11-19(14)24-21(15)16/h1-12,22H. The topological polar surface area (TPSA) is 46.0 Å². The molecular weight excluding hydrogens is 298 g/mol. The van der Waals surface area contributed by atoms with Gasteiger partial charge in [-0.1, -0.05) is 48.5 Å². The van der Waals surface area contributed by atoms with Crippen LogP contribution in [-0.4, -0.2) is 10.8 Å². The van der Waals surface area contributed by atoms with Crippen LogP contribution in [0.5, 0.6) is 0 Å². The van der Waals surface area contributed by atoms with E-state index in [0.29, 0.717) is 16.8 Å². The fourth-order valence-electron chi connectivity index (χ4n) is 3.27. The quantitative estimate of drug-likeness (QED) is 0.450. The van der Waals surface area contributed by atoms with Crippen molar-refractivity contribution < 1.29 is 9.21 Å². The highest BCUT2D eigenvalue weighted by molar-refractivity contribution is 6.19. The largest absolute Gasteiger partial charge is 0.455 e. The number of furan rings is 1. The van der Waals surface area contributed by atoms with Gasteiger partial charge in [0.1, 0.15) is 11.2 Å². The molecule has 0 radical (unpaired) electrons. The van der Waals surface area contributed by atoms with Crippen LogP contribution in [0.3, 0.4) is 0 Å². The lowest BCUT2D eigenvalue weighted by molar-refractivity contribution is 0.103. The van der Waals surface area contributed by atoms with Gasteiger partial charge in [-0.3, -0.25) is 4.79 Å². The molecule has 5 aromatic rings. The lowest BCUT2D eigenvalue weighted by Gasteiger charge is -1.99. The molecule has 0 saturated carbocycles. The van der Waals surface area contributed by atoms with Gasteiger partial charge in [0.2, 0.25) is 5.78 Å². The lowest BCUT2D eigenvalue weighted by Crippen LogP contribution is -2.01. The fraction of sp³-hybridized carbons (Fsp3) is 0. The first-order valence-corrected chi connectivity index (χ1v) is 7.84. The Kier molecular flexibility index (Phi) is 2.65. The number of fused-ring (bicyclic) bond motifs is 4. The fourth-order valence-corrected chi connectivity index (χ4v) is 3.27. The highest BCUT2D eigenvalue weighted by atomic mass is 16.3. The van der Waals surface area contributed by atoms with Crippen LogP contribution in [0.25, 0.3) is 32.8 Å². The highest BCUT2D eigenvalue weighted by Crippen LogP contribution is 2.31. The molecule has 3 aromatic carbocycles. The number of nitrogens with one attached hydrogen (secondary N) is 1. The third kappa shape index (κ3) is 1.82. The zero-order valence-corrected chi connectivity index (χ0v) is 12.7. The molecule has 24 heavy (non-hydrogen) atoms. The first-order chi connectivity index (χ1) is 11.8. The van der Waals surface area contributed by atoms with Crippen LogP contribution in [0, 0.1) is 0 Å². The second-order valence-corrected chi connectivity index (χ2v) is 5.88. The molecule has 0 fully saturated rings. The molecule has 3 nitrogen and oxygen atoms in total. The summed E-state index contributed by atoms with van der Waals surface area (Å²) in [5.74, 6) is -0.0594. The van der Waals surface area contributed by atoms with Gasteiger partial charge in [-0.2, -0.15) is 0 Å². The van der Waals surface area contributed by atoms with E-state index in [9.17, 15) is 4.79 Å². The smallest absolute Gasteiger partial charge is 0.212 e. The zero-order valence-electron chi connectivity index (χ0n) is 12.7. The van der Waals surface area contributed by atoms with Crippen molar-refractivity contribution in [3.63, 3.8) is 0 Å². The van der Waals surface area contributed by atoms with Crippen molar-refractivity contribution in [2.24, 2.45) is 0 Å².